The first-order valence-electron chi connectivity index (χ1n) is 6.57. The van der Waals surface area contributed by atoms with E-state index in [-0.39, 0.29) is 0 Å². The van der Waals surface area contributed by atoms with Gasteiger partial charge in [-0.3, -0.25) is 0 Å². The summed E-state index contributed by atoms with van der Waals surface area (Å²) in [7, 11) is 0. The minimum absolute atomic E-state index is 0.463. The molecule has 0 aliphatic carbocycles. The second-order valence-electron chi connectivity index (χ2n) is 4.50. The second-order valence-corrected chi connectivity index (χ2v) is 4.50. The summed E-state index contributed by atoms with van der Waals surface area (Å²) in [5, 5.41) is 0. The van der Waals surface area contributed by atoms with E-state index in [1.54, 1.807) is 0 Å². The van der Waals surface area contributed by atoms with Crippen LogP contribution in [0.25, 0.3) is 0 Å². The Hall–Kier alpha value is -0.0800. The van der Waals surface area contributed by atoms with E-state index < -0.39 is 0 Å². The number of rotatable bonds is 7. The van der Waals surface area contributed by atoms with Gasteiger partial charge in [-0.05, 0) is 19.3 Å². The van der Waals surface area contributed by atoms with Crippen molar-refractivity contribution in [2.75, 3.05) is 19.8 Å². The lowest BCUT2D eigenvalue weighted by molar-refractivity contribution is -0.0755. The molecule has 1 saturated heterocycles. The number of hydrogen-bond donors (Lipinski definition) is 0. The molecule has 0 spiro atoms. The van der Waals surface area contributed by atoms with E-state index >= 15 is 0 Å². The van der Waals surface area contributed by atoms with E-state index in [2.05, 4.69) is 13.8 Å². The third-order valence-corrected chi connectivity index (χ3v) is 3.26. The Balaban J connectivity index is 2.07. The van der Waals surface area contributed by atoms with Crippen molar-refractivity contribution in [3.63, 3.8) is 0 Å². The lowest BCUT2D eigenvalue weighted by Gasteiger charge is -2.30. The summed E-state index contributed by atoms with van der Waals surface area (Å²) < 4.78 is 11.4. The Morgan fingerprint density at radius 1 is 1.20 bits per heavy atom. The van der Waals surface area contributed by atoms with Crippen molar-refractivity contribution in [1.82, 2.24) is 0 Å². The van der Waals surface area contributed by atoms with E-state index in [0.29, 0.717) is 12.0 Å². The second kappa shape index (κ2) is 8.12. The molecular weight excluding hydrogens is 188 g/mol. The third kappa shape index (κ3) is 4.98. The topological polar surface area (TPSA) is 18.5 Å². The van der Waals surface area contributed by atoms with Crippen LogP contribution >= 0.6 is 0 Å². The predicted octanol–water partition coefficient (Wildman–Crippen LogP) is 3.40. The Kier molecular flexibility index (Phi) is 7.03. The summed E-state index contributed by atoms with van der Waals surface area (Å²) in [6, 6.07) is 0. The summed E-state index contributed by atoms with van der Waals surface area (Å²) in [4.78, 5) is 0. The van der Waals surface area contributed by atoms with Crippen molar-refractivity contribution in [2.45, 2.75) is 58.5 Å². The highest BCUT2D eigenvalue weighted by Gasteiger charge is 2.24. The van der Waals surface area contributed by atoms with Crippen molar-refractivity contribution in [2.24, 2.45) is 5.92 Å². The van der Waals surface area contributed by atoms with Crippen LogP contribution in [-0.4, -0.2) is 25.9 Å². The fourth-order valence-electron chi connectivity index (χ4n) is 2.14. The normalized spacial score (nSPS) is 26.8. The molecule has 2 atom stereocenters. The molecule has 1 heterocycles. The highest BCUT2D eigenvalue weighted by Crippen LogP contribution is 2.21. The highest BCUT2D eigenvalue weighted by molar-refractivity contribution is 4.72. The zero-order chi connectivity index (χ0) is 10.9. The average molecular weight is 214 g/mol. The van der Waals surface area contributed by atoms with Gasteiger partial charge in [-0.1, -0.05) is 33.1 Å². The molecule has 2 nitrogen and oxygen atoms in total. The largest absolute Gasteiger partial charge is 0.381 e. The summed E-state index contributed by atoms with van der Waals surface area (Å²) >= 11 is 0. The van der Waals surface area contributed by atoms with Crippen LogP contribution in [0.5, 0.6) is 0 Å². The van der Waals surface area contributed by atoms with Crippen LogP contribution < -0.4 is 0 Å². The van der Waals surface area contributed by atoms with Crippen LogP contribution in [0.15, 0.2) is 0 Å². The summed E-state index contributed by atoms with van der Waals surface area (Å²) in [6.45, 7) is 7.20. The van der Waals surface area contributed by atoms with Crippen LogP contribution in [0.3, 0.4) is 0 Å². The van der Waals surface area contributed by atoms with Crippen LogP contribution in [0.1, 0.15) is 52.4 Å². The maximum Gasteiger partial charge on any atom is 0.0647 e. The van der Waals surface area contributed by atoms with E-state index in [4.69, 9.17) is 9.47 Å². The van der Waals surface area contributed by atoms with E-state index in [1.807, 2.05) is 0 Å². The van der Waals surface area contributed by atoms with Gasteiger partial charge in [0.15, 0.2) is 0 Å². The third-order valence-electron chi connectivity index (χ3n) is 3.26. The summed E-state index contributed by atoms with van der Waals surface area (Å²) in [5.41, 5.74) is 0. The molecule has 0 amide bonds. The quantitative estimate of drug-likeness (QED) is 0.605. The summed E-state index contributed by atoms with van der Waals surface area (Å²) in [5.74, 6) is 0.630. The number of unbranched alkanes of at least 4 members (excludes halogenated alkanes) is 3. The Morgan fingerprint density at radius 2 is 2.07 bits per heavy atom. The van der Waals surface area contributed by atoms with Gasteiger partial charge in [0.2, 0.25) is 0 Å². The maximum atomic E-state index is 5.95. The molecule has 0 N–H and O–H groups in total. The van der Waals surface area contributed by atoms with Gasteiger partial charge in [-0.15, -0.1) is 0 Å². The first kappa shape index (κ1) is 13.0. The lowest BCUT2D eigenvalue weighted by Crippen LogP contribution is -2.33. The van der Waals surface area contributed by atoms with Crippen LogP contribution in [0.4, 0.5) is 0 Å². The van der Waals surface area contributed by atoms with Crippen molar-refractivity contribution < 1.29 is 9.47 Å². The molecule has 2 heteroatoms. The molecule has 1 rings (SSSR count). The van der Waals surface area contributed by atoms with Crippen LogP contribution in [0.2, 0.25) is 0 Å². The molecule has 2 unspecified atom stereocenters. The van der Waals surface area contributed by atoms with Gasteiger partial charge >= 0.3 is 0 Å². The van der Waals surface area contributed by atoms with Gasteiger partial charge in [0.1, 0.15) is 0 Å². The predicted molar refractivity (Wildman–Crippen MR) is 63.1 cm³/mol. The van der Waals surface area contributed by atoms with E-state index in [1.165, 1.54) is 32.1 Å². The molecule has 90 valence electrons. The molecule has 0 aromatic carbocycles. The Morgan fingerprint density at radius 3 is 2.80 bits per heavy atom. The van der Waals surface area contributed by atoms with Gasteiger partial charge in [-0.2, -0.15) is 0 Å². The van der Waals surface area contributed by atoms with E-state index in [9.17, 15) is 0 Å². The van der Waals surface area contributed by atoms with E-state index in [0.717, 1.165) is 26.2 Å². The average Bonchev–Trinajstić information content (AvgIpc) is 2.29. The SMILES string of the molecule is CCCCCCOC1CCOCC1CC. The molecule has 1 aliphatic heterocycles. The van der Waals surface area contributed by atoms with Crippen LogP contribution in [0, 0.1) is 5.92 Å². The zero-order valence-electron chi connectivity index (χ0n) is 10.3. The van der Waals surface area contributed by atoms with Crippen LogP contribution in [-0.2, 0) is 9.47 Å². The number of hydrogen-bond acceptors (Lipinski definition) is 2. The molecule has 15 heavy (non-hydrogen) atoms. The first-order chi connectivity index (χ1) is 7.38. The molecule has 0 saturated carbocycles. The molecule has 0 aromatic rings. The molecule has 0 bridgehead atoms. The number of ether oxygens (including phenoxy) is 2. The molecule has 0 radical (unpaired) electrons. The lowest BCUT2D eigenvalue weighted by atomic mass is 9.96. The minimum Gasteiger partial charge on any atom is -0.381 e. The fraction of sp³-hybridized carbons (Fsp3) is 1.00. The zero-order valence-corrected chi connectivity index (χ0v) is 10.3. The van der Waals surface area contributed by atoms with Gasteiger partial charge in [0, 0.05) is 19.1 Å². The fourth-order valence-corrected chi connectivity index (χ4v) is 2.14. The van der Waals surface area contributed by atoms with Gasteiger partial charge in [0.05, 0.1) is 12.7 Å². The van der Waals surface area contributed by atoms with Crippen molar-refractivity contribution >= 4 is 0 Å². The molecule has 1 aliphatic rings. The molecular formula is C13H26O2. The van der Waals surface area contributed by atoms with Gasteiger partial charge in [-0.25, -0.2) is 0 Å². The van der Waals surface area contributed by atoms with Crippen molar-refractivity contribution in [1.29, 1.82) is 0 Å². The Labute approximate surface area is 94.3 Å². The monoisotopic (exact) mass is 214 g/mol. The van der Waals surface area contributed by atoms with Gasteiger partial charge < -0.3 is 9.47 Å². The van der Waals surface area contributed by atoms with Gasteiger partial charge in [0.25, 0.3) is 0 Å². The van der Waals surface area contributed by atoms with Crippen molar-refractivity contribution in [3.05, 3.63) is 0 Å². The standard InChI is InChI=1S/C13H26O2/c1-3-5-6-7-9-15-13-8-10-14-11-12(13)4-2/h12-13H,3-11H2,1-2H3. The molecule has 0 aromatic heterocycles. The Bertz CT molecular complexity index is 147. The molecule has 1 fully saturated rings. The summed E-state index contributed by atoms with van der Waals surface area (Å²) in [6.07, 6.45) is 7.91. The minimum atomic E-state index is 0.463. The highest BCUT2D eigenvalue weighted by atomic mass is 16.5. The smallest absolute Gasteiger partial charge is 0.0647 e. The first-order valence-corrected chi connectivity index (χ1v) is 6.57. The van der Waals surface area contributed by atoms with Crippen molar-refractivity contribution in [3.8, 4) is 0 Å². The maximum absolute atomic E-state index is 5.95.